The number of rotatable bonds is 8. The van der Waals surface area contributed by atoms with Crippen molar-refractivity contribution in [3.05, 3.63) is 59.6 Å². The standard InChI is InChI=1S/C19H21ClN6O/c1-25(17-6-3-2-4-7-17)13-5-12-21-18(27)14-26-23-19(22-24-26)15-8-10-16(20)11-9-15/h2-4,6-11H,5,12-14H2,1H3,(H,21,27). The zero-order valence-corrected chi connectivity index (χ0v) is 15.8. The summed E-state index contributed by atoms with van der Waals surface area (Å²) in [5.41, 5.74) is 1.96. The van der Waals surface area contributed by atoms with Crippen molar-refractivity contribution < 1.29 is 4.79 Å². The minimum absolute atomic E-state index is 0.0368. The third-order valence-corrected chi connectivity index (χ3v) is 4.28. The molecule has 140 valence electrons. The van der Waals surface area contributed by atoms with E-state index in [1.165, 1.54) is 4.80 Å². The Hall–Kier alpha value is -2.93. The molecule has 3 aromatic rings. The second kappa shape index (κ2) is 9.14. The van der Waals surface area contributed by atoms with Gasteiger partial charge in [0, 0.05) is 36.4 Å². The van der Waals surface area contributed by atoms with Crippen LogP contribution in [0.15, 0.2) is 54.6 Å². The Labute approximate surface area is 162 Å². The molecule has 27 heavy (non-hydrogen) atoms. The molecular formula is C19H21ClN6O. The van der Waals surface area contributed by atoms with Crippen molar-refractivity contribution in [1.29, 1.82) is 0 Å². The molecule has 0 aliphatic carbocycles. The van der Waals surface area contributed by atoms with Gasteiger partial charge in [0.1, 0.15) is 6.54 Å². The maximum Gasteiger partial charge on any atom is 0.243 e. The summed E-state index contributed by atoms with van der Waals surface area (Å²) >= 11 is 5.87. The van der Waals surface area contributed by atoms with Crippen LogP contribution in [-0.4, -0.2) is 46.3 Å². The Bertz CT molecular complexity index is 865. The van der Waals surface area contributed by atoms with E-state index in [0.29, 0.717) is 17.4 Å². The molecule has 0 saturated carbocycles. The predicted octanol–water partition coefficient (Wildman–Crippen LogP) is 2.64. The van der Waals surface area contributed by atoms with Crippen LogP contribution >= 0.6 is 11.6 Å². The predicted molar refractivity (Wildman–Crippen MR) is 106 cm³/mol. The number of anilines is 1. The zero-order valence-electron chi connectivity index (χ0n) is 15.0. The van der Waals surface area contributed by atoms with Gasteiger partial charge in [0.25, 0.3) is 0 Å². The first kappa shape index (κ1) is 18.8. The largest absolute Gasteiger partial charge is 0.375 e. The molecule has 3 rings (SSSR count). The van der Waals surface area contributed by atoms with Gasteiger partial charge in [-0.15, -0.1) is 10.2 Å². The number of nitrogens with zero attached hydrogens (tertiary/aromatic N) is 5. The molecule has 0 atom stereocenters. The summed E-state index contributed by atoms with van der Waals surface area (Å²) in [6, 6.07) is 17.3. The molecule has 1 amide bonds. The van der Waals surface area contributed by atoms with Crippen LogP contribution in [0.4, 0.5) is 5.69 Å². The third-order valence-electron chi connectivity index (χ3n) is 4.03. The molecule has 1 heterocycles. The van der Waals surface area contributed by atoms with Crippen LogP contribution in [0.5, 0.6) is 0 Å². The Balaban J connectivity index is 1.41. The van der Waals surface area contributed by atoms with Crippen LogP contribution in [0.2, 0.25) is 5.02 Å². The molecule has 0 radical (unpaired) electrons. The van der Waals surface area contributed by atoms with Gasteiger partial charge in [-0.05, 0) is 48.0 Å². The van der Waals surface area contributed by atoms with Gasteiger partial charge in [-0.1, -0.05) is 29.8 Å². The maximum atomic E-state index is 12.0. The van der Waals surface area contributed by atoms with Crippen LogP contribution in [0.1, 0.15) is 6.42 Å². The van der Waals surface area contributed by atoms with Crippen LogP contribution in [0.25, 0.3) is 11.4 Å². The van der Waals surface area contributed by atoms with Gasteiger partial charge < -0.3 is 10.2 Å². The molecule has 0 unspecified atom stereocenters. The molecule has 0 aliphatic heterocycles. The molecule has 8 heteroatoms. The monoisotopic (exact) mass is 384 g/mol. The number of tetrazole rings is 1. The zero-order chi connectivity index (χ0) is 19.1. The highest BCUT2D eigenvalue weighted by Gasteiger charge is 2.09. The Kier molecular flexibility index (Phi) is 6.38. The van der Waals surface area contributed by atoms with E-state index in [-0.39, 0.29) is 12.5 Å². The summed E-state index contributed by atoms with van der Waals surface area (Å²) in [5.74, 6) is 0.321. The van der Waals surface area contributed by atoms with E-state index >= 15 is 0 Å². The van der Waals surface area contributed by atoms with Crippen molar-refractivity contribution in [2.24, 2.45) is 0 Å². The van der Waals surface area contributed by atoms with E-state index in [2.05, 4.69) is 37.8 Å². The highest BCUT2D eigenvalue weighted by atomic mass is 35.5. The van der Waals surface area contributed by atoms with E-state index in [1.54, 1.807) is 12.1 Å². The van der Waals surface area contributed by atoms with Gasteiger partial charge in [-0.2, -0.15) is 4.80 Å². The lowest BCUT2D eigenvalue weighted by atomic mass is 10.2. The van der Waals surface area contributed by atoms with Crippen molar-refractivity contribution >= 4 is 23.2 Å². The topological polar surface area (TPSA) is 75.9 Å². The Morgan fingerprint density at radius 1 is 1.15 bits per heavy atom. The van der Waals surface area contributed by atoms with Crippen LogP contribution < -0.4 is 10.2 Å². The summed E-state index contributed by atoms with van der Waals surface area (Å²) in [4.78, 5) is 15.5. The van der Waals surface area contributed by atoms with Gasteiger partial charge in [0.15, 0.2) is 0 Å². The smallest absolute Gasteiger partial charge is 0.243 e. The molecule has 7 nitrogen and oxygen atoms in total. The number of amides is 1. The second-order valence-corrected chi connectivity index (χ2v) is 6.55. The van der Waals surface area contributed by atoms with E-state index in [1.807, 2.05) is 37.4 Å². The van der Waals surface area contributed by atoms with Crippen LogP contribution in [0, 0.1) is 0 Å². The molecule has 0 fully saturated rings. The van der Waals surface area contributed by atoms with Crippen LogP contribution in [-0.2, 0) is 11.3 Å². The first-order valence-corrected chi connectivity index (χ1v) is 9.06. The van der Waals surface area contributed by atoms with E-state index in [9.17, 15) is 4.79 Å². The molecule has 2 aromatic carbocycles. The number of para-hydroxylation sites is 1. The normalized spacial score (nSPS) is 10.6. The Morgan fingerprint density at radius 3 is 2.63 bits per heavy atom. The number of benzene rings is 2. The molecular weight excluding hydrogens is 364 g/mol. The average molecular weight is 385 g/mol. The number of hydrogen-bond donors (Lipinski definition) is 1. The van der Waals surface area contributed by atoms with Gasteiger partial charge in [-0.3, -0.25) is 4.79 Å². The number of carbonyl (C=O) groups excluding carboxylic acids is 1. The lowest BCUT2D eigenvalue weighted by Crippen LogP contribution is -2.31. The molecule has 0 aliphatic rings. The van der Waals surface area contributed by atoms with Crippen molar-refractivity contribution in [3.8, 4) is 11.4 Å². The molecule has 0 saturated heterocycles. The minimum Gasteiger partial charge on any atom is -0.375 e. The third kappa shape index (κ3) is 5.52. The fourth-order valence-electron chi connectivity index (χ4n) is 2.56. The first-order chi connectivity index (χ1) is 13.1. The molecule has 1 N–H and O–H groups in total. The average Bonchev–Trinajstić information content (AvgIpc) is 3.14. The number of aromatic nitrogens is 4. The summed E-state index contributed by atoms with van der Waals surface area (Å²) < 4.78 is 0. The van der Waals surface area contributed by atoms with Crippen molar-refractivity contribution in [3.63, 3.8) is 0 Å². The Morgan fingerprint density at radius 2 is 1.89 bits per heavy atom. The number of hydrogen-bond acceptors (Lipinski definition) is 5. The summed E-state index contributed by atoms with van der Waals surface area (Å²) in [6.45, 7) is 1.48. The van der Waals surface area contributed by atoms with Gasteiger partial charge in [0.05, 0.1) is 0 Å². The lowest BCUT2D eigenvalue weighted by Gasteiger charge is -2.19. The van der Waals surface area contributed by atoms with E-state index in [0.717, 1.165) is 24.2 Å². The highest BCUT2D eigenvalue weighted by Crippen LogP contribution is 2.16. The second-order valence-electron chi connectivity index (χ2n) is 6.11. The van der Waals surface area contributed by atoms with Crippen molar-refractivity contribution in [1.82, 2.24) is 25.5 Å². The van der Waals surface area contributed by atoms with Crippen molar-refractivity contribution in [2.45, 2.75) is 13.0 Å². The van der Waals surface area contributed by atoms with Gasteiger partial charge >= 0.3 is 0 Å². The number of nitrogens with one attached hydrogen (secondary N) is 1. The van der Waals surface area contributed by atoms with Gasteiger partial charge in [0.2, 0.25) is 11.7 Å². The summed E-state index contributed by atoms with van der Waals surface area (Å²) in [7, 11) is 2.04. The molecule has 0 spiro atoms. The molecule has 0 bridgehead atoms. The lowest BCUT2D eigenvalue weighted by molar-refractivity contribution is -0.122. The summed E-state index contributed by atoms with van der Waals surface area (Å²) in [6.07, 6.45) is 0.845. The van der Waals surface area contributed by atoms with Crippen LogP contribution in [0.3, 0.4) is 0 Å². The SMILES string of the molecule is CN(CCCNC(=O)Cn1nnc(-c2ccc(Cl)cc2)n1)c1ccccc1. The molecule has 1 aromatic heterocycles. The minimum atomic E-state index is -0.141. The number of carbonyl (C=O) groups is 1. The quantitative estimate of drug-likeness (QED) is 0.604. The fourth-order valence-corrected chi connectivity index (χ4v) is 2.69. The van der Waals surface area contributed by atoms with Crippen molar-refractivity contribution in [2.75, 3.05) is 25.0 Å². The highest BCUT2D eigenvalue weighted by molar-refractivity contribution is 6.30. The van der Waals surface area contributed by atoms with E-state index in [4.69, 9.17) is 11.6 Å². The van der Waals surface area contributed by atoms with Gasteiger partial charge in [-0.25, -0.2) is 0 Å². The fraction of sp³-hybridized carbons (Fsp3) is 0.263. The maximum absolute atomic E-state index is 12.0. The van der Waals surface area contributed by atoms with E-state index < -0.39 is 0 Å². The summed E-state index contributed by atoms with van der Waals surface area (Å²) in [5, 5.41) is 15.7. The number of halogens is 1. The first-order valence-electron chi connectivity index (χ1n) is 8.68.